The summed E-state index contributed by atoms with van der Waals surface area (Å²) in [7, 11) is 0. The molecule has 1 saturated heterocycles. The van der Waals surface area contributed by atoms with Crippen LogP contribution in [0.1, 0.15) is 6.42 Å². The van der Waals surface area contributed by atoms with Crippen molar-refractivity contribution in [3.63, 3.8) is 0 Å². The summed E-state index contributed by atoms with van der Waals surface area (Å²) in [5.41, 5.74) is 0. The third kappa shape index (κ3) is 1.64. The molecule has 2 unspecified atom stereocenters. The van der Waals surface area contributed by atoms with E-state index in [0.29, 0.717) is 25.6 Å². The van der Waals surface area contributed by atoms with Gasteiger partial charge in [-0.3, -0.25) is 14.5 Å². The molecule has 2 amide bonds. The van der Waals surface area contributed by atoms with Gasteiger partial charge in [-0.1, -0.05) is 0 Å². The number of amides is 2. The van der Waals surface area contributed by atoms with Crippen molar-refractivity contribution in [1.82, 2.24) is 4.90 Å². The minimum absolute atomic E-state index is 0.00414. The molecule has 78 valence electrons. The normalized spacial score (nSPS) is 29.6. The molecular weight excluding hydrogens is 206 g/mol. The summed E-state index contributed by atoms with van der Waals surface area (Å²) in [4.78, 5) is 24.2. The maximum Gasteiger partial charge on any atom is 0.233 e. The Morgan fingerprint density at radius 1 is 1.29 bits per heavy atom. The summed E-state index contributed by atoms with van der Waals surface area (Å²) in [6.45, 7) is 1.23. The van der Waals surface area contributed by atoms with E-state index in [1.54, 1.807) is 0 Å². The number of hydrogen-bond acceptors (Lipinski definition) is 3. The average Bonchev–Trinajstić information content (AvgIpc) is 2.91. The smallest absolute Gasteiger partial charge is 0.233 e. The number of imide groups is 1. The van der Waals surface area contributed by atoms with Gasteiger partial charge in [-0.15, -0.1) is 11.6 Å². The number of carbonyl (C=O) groups is 2. The predicted molar refractivity (Wildman–Crippen MR) is 49.9 cm³/mol. The fourth-order valence-electron chi connectivity index (χ4n) is 1.78. The Labute approximate surface area is 87.1 Å². The van der Waals surface area contributed by atoms with Crippen LogP contribution in [0, 0.1) is 11.8 Å². The zero-order valence-electron chi connectivity index (χ0n) is 7.74. The van der Waals surface area contributed by atoms with Crippen molar-refractivity contribution in [2.75, 3.05) is 25.6 Å². The van der Waals surface area contributed by atoms with Gasteiger partial charge in [0.15, 0.2) is 0 Å². The number of piperidine rings is 1. The first-order valence-corrected chi connectivity index (χ1v) is 5.28. The monoisotopic (exact) mass is 217 g/mol. The molecular formula is C9H12ClNO3. The lowest BCUT2D eigenvalue weighted by Crippen LogP contribution is -2.35. The zero-order chi connectivity index (χ0) is 10.1. The topological polar surface area (TPSA) is 46.6 Å². The number of fused-ring (bicyclic) bond motifs is 1. The highest BCUT2D eigenvalue weighted by molar-refractivity contribution is 6.17. The quantitative estimate of drug-likeness (QED) is 0.377. The molecule has 14 heavy (non-hydrogen) atoms. The maximum atomic E-state index is 11.4. The van der Waals surface area contributed by atoms with Crippen molar-refractivity contribution < 1.29 is 14.3 Å². The number of alkyl halides is 1. The molecule has 1 saturated carbocycles. The van der Waals surface area contributed by atoms with Crippen LogP contribution in [0.15, 0.2) is 0 Å². The van der Waals surface area contributed by atoms with E-state index in [9.17, 15) is 9.59 Å². The van der Waals surface area contributed by atoms with E-state index >= 15 is 0 Å². The Morgan fingerprint density at radius 3 is 2.50 bits per heavy atom. The van der Waals surface area contributed by atoms with Gasteiger partial charge in [0.25, 0.3) is 0 Å². The Balaban J connectivity index is 1.76. The number of carbonyl (C=O) groups excluding carboxylic acids is 2. The van der Waals surface area contributed by atoms with Crippen LogP contribution in [-0.4, -0.2) is 42.4 Å². The van der Waals surface area contributed by atoms with Crippen LogP contribution in [0.25, 0.3) is 0 Å². The number of ether oxygens (including phenoxy) is 1. The Kier molecular flexibility index (Phi) is 2.74. The summed E-state index contributed by atoms with van der Waals surface area (Å²) >= 11 is 5.41. The molecule has 0 aromatic rings. The second kappa shape index (κ2) is 3.87. The SMILES string of the molecule is O=C1C2CC2C(=O)N1CCOCCCl. The van der Waals surface area contributed by atoms with Gasteiger partial charge < -0.3 is 4.74 Å². The van der Waals surface area contributed by atoms with Crippen molar-refractivity contribution in [1.29, 1.82) is 0 Å². The highest BCUT2D eigenvalue weighted by Crippen LogP contribution is 2.46. The molecule has 0 N–H and O–H groups in total. The first kappa shape index (κ1) is 9.93. The number of likely N-dealkylation sites (tertiary alicyclic amines) is 1. The van der Waals surface area contributed by atoms with Gasteiger partial charge in [0.1, 0.15) is 0 Å². The Hall–Kier alpha value is -0.610. The van der Waals surface area contributed by atoms with Gasteiger partial charge in [0, 0.05) is 5.88 Å². The van der Waals surface area contributed by atoms with Crippen LogP contribution in [0.5, 0.6) is 0 Å². The van der Waals surface area contributed by atoms with Gasteiger partial charge in [-0.25, -0.2) is 0 Å². The van der Waals surface area contributed by atoms with Crippen molar-refractivity contribution in [2.45, 2.75) is 6.42 Å². The number of hydrogen-bond donors (Lipinski definition) is 0. The number of nitrogens with zero attached hydrogens (tertiary/aromatic N) is 1. The lowest BCUT2D eigenvalue weighted by molar-refractivity contribution is -0.142. The largest absolute Gasteiger partial charge is 0.378 e. The van der Waals surface area contributed by atoms with Crippen LogP contribution in [0.4, 0.5) is 0 Å². The van der Waals surface area contributed by atoms with E-state index in [2.05, 4.69) is 0 Å². The van der Waals surface area contributed by atoms with E-state index in [-0.39, 0.29) is 23.7 Å². The summed E-state index contributed by atoms with van der Waals surface area (Å²) in [5, 5.41) is 0. The minimum atomic E-state index is -0.0190. The molecule has 2 atom stereocenters. The Morgan fingerprint density at radius 2 is 1.93 bits per heavy atom. The van der Waals surface area contributed by atoms with Crippen LogP contribution in [0.2, 0.25) is 0 Å². The molecule has 1 heterocycles. The molecule has 2 fully saturated rings. The Bertz CT molecular complexity index is 249. The fraction of sp³-hybridized carbons (Fsp3) is 0.778. The zero-order valence-corrected chi connectivity index (χ0v) is 8.50. The highest BCUT2D eigenvalue weighted by Gasteiger charge is 2.58. The molecule has 0 spiro atoms. The number of halogens is 1. The minimum Gasteiger partial charge on any atom is -0.378 e. The van der Waals surface area contributed by atoms with Crippen LogP contribution in [0.3, 0.4) is 0 Å². The molecule has 0 bridgehead atoms. The predicted octanol–water partition coefficient (Wildman–Crippen LogP) is 0.247. The van der Waals surface area contributed by atoms with Crippen molar-refractivity contribution in [3.8, 4) is 0 Å². The summed E-state index contributed by atoms with van der Waals surface area (Å²) in [5.74, 6) is 0.391. The maximum absolute atomic E-state index is 11.4. The van der Waals surface area contributed by atoms with Gasteiger partial charge in [0.2, 0.25) is 11.8 Å². The van der Waals surface area contributed by atoms with E-state index in [4.69, 9.17) is 16.3 Å². The highest BCUT2D eigenvalue weighted by atomic mass is 35.5. The first-order chi connectivity index (χ1) is 6.75. The second-order valence-electron chi connectivity index (χ2n) is 3.58. The van der Waals surface area contributed by atoms with E-state index < -0.39 is 0 Å². The van der Waals surface area contributed by atoms with Crippen LogP contribution in [-0.2, 0) is 14.3 Å². The standard InChI is InChI=1S/C9H12ClNO3/c10-1-3-14-4-2-11-8(12)6-5-7(6)9(11)13/h6-7H,1-5H2. The van der Waals surface area contributed by atoms with E-state index in [0.717, 1.165) is 6.42 Å². The summed E-state index contributed by atoms with van der Waals surface area (Å²) in [6, 6.07) is 0. The molecule has 2 rings (SSSR count). The van der Waals surface area contributed by atoms with E-state index in [1.165, 1.54) is 4.90 Å². The van der Waals surface area contributed by atoms with Crippen molar-refractivity contribution in [3.05, 3.63) is 0 Å². The van der Waals surface area contributed by atoms with Gasteiger partial charge in [-0.2, -0.15) is 0 Å². The van der Waals surface area contributed by atoms with Crippen molar-refractivity contribution in [2.24, 2.45) is 11.8 Å². The second-order valence-corrected chi connectivity index (χ2v) is 3.96. The molecule has 5 heteroatoms. The third-order valence-corrected chi connectivity index (χ3v) is 2.79. The molecule has 0 aromatic carbocycles. The van der Waals surface area contributed by atoms with E-state index in [1.807, 2.05) is 0 Å². The molecule has 0 radical (unpaired) electrons. The molecule has 1 aliphatic carbocycles. The van der Waals surface area contributed by atoms with Gasteiger partial charge >= 0.3 is 0 Å². The van der Waals surface area contributed by atoms with Crippen LogP contribution < -0.4 is 0 Å². The van der Waals surface area contributed by atoms with Gasteiger partial charge in [-0.05, 0) is 6.42 Å². The summed E-state index contributed by atoms with van der Waals surface area (Å²) in [6.07, 6.45) is 0.761. The van der Waals surface area contributed by atoms with Gasteiger partial charge in [0.05, 0.1) is 31.6 Å². The van der Waals surface area contributed by atoms with Crippen molar-refractivity contribution >= 4 is 23.4 Å². The third-order valence-electron chi connectivity index (χ3n) is 2.64. The molecule has 1 aliphatic heterocycles. The fourth-order valence-corrected chi connectivity index (χ4v) is 1.89. The molecule has 0 aromatic heterocycles. The molecule has 2 aliphatic rings. The molecule has 4 nitrogen and oxygen atoms in total. The average molecular weight is 218 g/mol. The number of rotatable bonds is 5. The summed E-state index contributed by atoms with van der Waals surface area (Å²) < 4.78 is 5.11. The van der Waals surface area contributed by atoms with Crippen LogP contribution >= 0.6 is 11.6 Å². The lowest BCUT2D eigenvalue weighted by atomic mass is 10.4. The first-order valence-electron chi connectivity index (χ1n) is 4.74. The lowest BCUT2D eigenvalue weighted by Gasteiger charge is -2.15.